The van der Waals surface area contributed by atoms with E-state index in [4.69, 9.17) is 0 Å². The molecule has 0 atom stereocenters. The smallest absolute Gasteiger partial charge is 0.0914 e. The minimum atomic E-state index is -1.93. The molecule has 0 spiro atoms. The number of halogens is 1. The summed E-state index contributed by atoms with van der Waals surface area (Å²) < 4.78 is 13.3. The van der Waals surface area contributed by atoms with Crippen molar-refractivity contribution < 1.29 is 4.57 Å². The van der Waals surface area contributed by atoms with Gasteiger partial charge >= 0.3 is 0 Å². The fourth-order valence-corrected chi connectivity index (χ4v) is 3.40. The van der Waals surface area contributed by atoms with E-state index in [1.807, 2.05) is 38.1 Å². The fourth-order valence-electron chi connectivity index (χ4n) is 1.37. The van der Waals surface area contributed by atoms with Crippen LogP contribution in [0, 0.1) is 0 Å². The summed E-state index contributed by atoms with van der Waals surface area (Å²) in [4.78, 5) is 0. The highest BCUT2D eigenvalue weighted by Gasteiger charge is 2.16. The van der Waals surface area contributed by atoms with Crippen LogP contribution in [-0.2, 0) is 10.7 Å². The Morgan fingerprint density at radius 2 is 1.64 bits per heavy atom. The molecule has 0 amide bonds. The van der Waals surface area contributed by atoms with Gasteiger partial charge in [-0.25, -0.2) is 0 Å². The molecule has 1 nitrogen and oxygen atoms in total. The average molecular weight is 275 g/mol. The monoisotopic (exact) mass is 274 g/mol. The van der Waals surface area contributed by atoms with Crippen molar-refractivity contribution in [1.29, 1.82) is 0 Å². The van der Waals surface area contributed by atoms with Crippen molar-refractivity contribution in [2.24, 2.45) is 0 Å². The van der Waals surface area contributed by atoms with Crippen LogP contribution >= 0.6 is 23.1 Å². The highest BCUT2D eigenvalue weighted by Crippen LogP contribution is 2.48. The molecular formula is C11H16BrOP. The van der Waals surface area contributed by atoms with Gasteiger partial charge in [-0.05, 0) is 30.0 Å². The van der Waals surface area contributed by atoms with Gasteiger partial charge in [-0.15, -0.1) is 0 Å². The zero-order valence-corrected chi connectivity index (χ0v) is 11.1. The molecule has 1 aromatic carbocycles. The van der Waals surface area contributed by atoms with Gasteiger partial charge in [-0.3, -0.25) is 0 Å². The van der Waals surface area contributed by atoms with Gasteiger partial charge in [0, 0.05) is 10.6 Å². The lowest BCUT2D eigenvalue weighted by Crippen LogP contribution is -1.94. The maximum absolute atomic E-state index is 12.2. The zero-order valence-electron chi connectivity index (χ0n) is 8.66. The van der Waals surface area contributed by atoms with Crippen molar-refractivity contribution in [2.75, 3.05) is 12.3 Å². The lowest BCUT2D eigenvalue weighted by Gasteiger charge is -2.13. The molecule has 3 heteroatoms. The number of hydrogen-bond donors (Lipinski definition) is 0. The molecule has 78 valence electrons. The summed E-state index contributed by atoms with van der Waals surface area (Å²) in [6.07, 6.45) is 2.35. The van der Waals surface area contributed by atoms with Gasteiger partial charge in [0.25, 0.3) is 0 Å². The van der Waals surface area contributed by atoms with Gasteiger partial charge in [0.1, 0.15) is 0 Å². The van der Waals surface area contributed by atoms with Crippen LogP contribution in [0.15, 0.2) is 28.7 Å². The molecule has 0 radical (unpaired) electrons. The second kappa shape index (κ2) is 5.14. The second-order valence-electron chi connectivity index (χ2n) is 3.48. The quantitative estimate of drug-likeness (QED) is 0.746. The van der Waals surface area contributed by atoms with E-state index < -0.39 is 7.14 Å². The van der Waals surface area contributed by atoms with Crippen molar-refractivity contribution in [3.8, 4) is 0 Å². The van der Waals surface area contributed by atoms with Crippen molar-refractivity contribution in [1.82, 2.24) is 0 Å². The van der Waals surface area contributed by atoms with Crippen molar-refractivity contribution in [3.05, 3.63) is 34.3 Å². The number of rotatable bonds is 4. The molecule has 0 saturated carbocycles. The van der Waals surface area contributed by atoms with E-state index in [1.165, 1.54) is 5.56 Å². The van der Waals surface area contributed by atoms with Gasteiger partial charge in [-0.2, -0.15) is 0 Å². The van der Waals surface area contributed by atoms with Crippen LogP contribution in [0.3, 0.4) is 0 Å². The van der Waals surface area contributed by atoms with Crippen LogP contribution in [0.4, 0.5) is 0 Å². The topological polar surface area (TPSA) is 17.1 Å². The predicted molar refractivity (Wildman–Crippen MR) is 66.5 cm³/mol. The second-order valence-corrected chi connectivity index (χ2v) is 8.09. The normalized spacial score (nSPS) is 11.6. The third-order valence-electron chi connectivity index (χ3n) is 2.54. The molecule has 0 fully saturated rings. The molecule has 0 aliphatic rings. The predicted octanol–water partition coefficient (Wildman–Crippen LogP) is 4.35. The largest absolute Gasteiger partial charge is 0.323 e. The molecule has 0 saturated heterocycles. The number of hydrogen-bond acceptors (Lipinski definition) is 1. The first-order chi connectivity index (χ1) is 6.59. The van der Waals surface area contributed by atoms with E-state index in [9.17, 15) is 4.57 Å². The standard InChI is InChI=1S/C11H16BrOP/c1-3-14(13,4-2)9-10-5-7-11(12)8-6-10/h5-8H,3-4,9H2,1-2H3. The van der Waals surface area contributed by atoms with E-state index in [-0.39, 0.29) is 0 Å². The summed E-state index contributed by atoms with van der Waals surface area (Å²) in [5.74, 6) is 0. The van der Waals surface area contributed by atoms with Crippen LogP contribution in [0.5, 0.6) is 0 Å². The maximum atomic E-state index is 12.2. The van der Waals surface area contributed by atoms with Crippen molar-refractivity contribution >= 4 is 23.1 Å². The van der Waals surface area contributed by atoms with Crippen LogP contribution in [0.25, 0.3) is 0 Å². The maximum Gasteiger partial charge on any atom is 0.0914 e. The van der Waals surface area contributed by atoms with Crippen LogP contribution in [0.1, 0.15) is 19.4 Å². The molecule has 0 aliphatic carbocycles. The Balaban J connectivity index is 2.78. The molecule has 1 aromatic rings. The van der Waals surface area contributed by atoms with Crippen LogP contribution in [0.2, 0.25) is 0 Å². The molecular weight excluding hydrogens is 259 g/mol. The molecule has 14 heavy (non-hydrogen) atoms. The van der Waals surface area contributed by atoms with E-state index in [0.717, 1.165) is 23.0 Å². The molecule has 0 heterocycles. The molecule has 1 rings (SSSR count). The van der Waals surface area contributed by atoms with Crippen LogP contribution < -0.4 is 0 Å². The Morgan fingerprint density at radius 3 is 2.07 bits per heavy atom. The van der Waals surface area contributed by atoms with Crippen LogP contribution in [-0.4, -0.2) is 12.3 Å². The van der Waals surface area contributed by atoms with Gasteiger partial charge in [0.2, 0.25) is 0 Å². The Hall–Kier alpha value is -0.0700. The van der Waals surface area contributed by atoms with Crippen molar-refractivity contribution in [2.45, 2.75) is 20.0 Å². The first-order valence-corrected chi connectivity index (χ1v) is 7.96. The van der Waals surface area contributed by atoms with Gasteiger partial charge in [-0.1, -0.05) is 41.9 Å². The average Bonchev–Trinajstić information content (AvgIpc) is 2.21. The summed E-state index contributed by atoms with van der Waals surface area (Å²) >= 11 is 3.39. The summed E-state index contributed by atoms with van der Waals surface area (Å²) in [7, 11) is -1.93. The summed E-state index contributed by atoms with van der Waals surface area (Å²) in [5.41, 5.74) is 1.18. The lowest BCUT2D eigenvalue weighted by atomic mass is 10.2. The Bertz CT molecular complexity index is 324. The number of benzene rings is 1. The summed E-state index contributed by atoms with van der Waals surface area (Å²) in [6, 6.07) is 8.10. The highest BCUT2D eigenvalue weighted by molar-refractivity contribution is 9.10. The van der Waals surface area contributed by atoms with E-state index >= 15 is 0 Å². The fraction of sp³-hybridized carbons (Fsp3) is 0.455. The molecule has 0 N–H and O–H groups in total. The summed E-state index contributed by atoms with van der Waals surface area (Å²) in [6.45, 7) is 4.03. The van der Waals surface area contributed by atoms with E-state index in [0.29, 0.717) is 0 Å². The molecule has 0 aliphatic heterocycles. The van der Waals surface area contributed by atoms with Gasteiger partial charge in [0.15, 0.2) is 0 Å². The summed E-state index contributed by atoms with van der Waals surface area (Å²) in [5, 5.41) is 0. The molecule has 0 unspecified atom stereocenters. The third kappa shape index (κ3) is 3.25. The van der Waals surface area contributed by atoms with E-state index in [2.05, 4.69) is 15.9 Å². The van der Waals surface area contributed by atoms with E-state index in [1.54, 1.807) is 0 Å². The Morgan fingerprint density at radius 1 is 1.14 bits per heavy atom. The van der Waals surface area contributed by atoms with Gasteiger partial charge in [0.05, 0.1) is 7.14 Å². The molecule has 0 aromatic heterocycles. The minimum absolute atomic E-state index is 0.743. The van der Waals surface area contributed by atoms with Crippen molar-refractivity contribution in [3.63, 3.8) is 0 Å². The molecule has 0 bridgehead atoms. The Kier molecular flexibility index (Phi) is 4.40. The van der Waals surface area contributed by atoms with Gasteiger partial charge < -0.3 is 4.57 Å². The lowest BCUT2D eigenvalue weighted by molar-refractivity contribution is 0.575. The first-order valence-electron chi connectivity index (χ1n) is 4.91. The first kappa shape index (κ1) is 12.0. The minimum Gasteiger partial charge on any atom is -0.323 e. The Labute approximate surface area is 94.4 Å². The zero-order chi connectivity index (χ0) is 10.6. The third-order valence-corrected chi connectivity index (χ3v) is 6.31. The SMILES string of the molecule is CCP(=O)(CC)Cc1ccc(Br)cc1. The highest BCUT2D eigenvalue weighted by atomic mass is 79.9.